The third-order valence-electron chi connectivity index (χ3n) is 6.68. The van der Waals surface area contributed by atoms with Gasteiger partial charge in [-0.05, 0) is 30.4 Å². The Balaban J connectivity index is 2.20. The van der Waals surface area contributed by atoms with Crippen molar-refractivity contribution >= 4 is 17.7 Å². The lowest BCUT2D eigenvalue weighted by molar-refractivity contribution is -0.152. The first-order valence-electron chi connectivity index (χ1n) is 11.5. The van der Waals surface area contributed by atoms with Gasteiger partial charge in [-0.15, -0.1) is 0 Å². The number of hydrogen-bond acceptors (Lipinski definition) is 7. The predicted molar refractivity (Wildman–Crippen MR) is 133 cm³/mol. The van der Waals surface area contributed by atoms with E-state index in [1.165, 1.54) is 26.0 Å². The second-order valence-corrected chi connectivity index (χ2v) is 10.4. The van der Waals surface area contributed by atoms with Gasteiger partial charge in [0.2, 0.25) is 11.8 Å². The number of ether oxygens (including phenoxy) is 3. The van der Waals surface area contributed by atoms with Crippen molar-refractivity contribution in [3.8, 4) is 17.5 Å². The maximum atomic E-state index is 13.1. The van der Waals surface area contributed by atoms with Gasteiger partial charge < -0.3 is 19.3 Å². The molecule has 184 valence electrons. The Hall–Kier alpha value is -2.74. The van der Waals surface area contributed by atoms with Gasteiger partial charge in [0.15, 0.2) is 5.16 Å². The minimum Gasteiger partial charge on any atom is -0.492 e. The van der Waals surface area contributed by atoms with Crippen LogP contribution in [0.25, 0.3) is 0 Å². The summed E-state index contributed by atoms with van der Waals surface area (Å²) >= 11 is 1.34. The summed E-state index contributed by atoms with van der Waals surface area (Å²) in [5.41, 5.74) is -1.66. The van der Waals surface area contributed by atoms with Gasteiger partial charge in [-0.2, -0.15) is 9.97 Å². The average Bonchev–Trinajstić information content (AvgIpc) is 2.83. The first-order chi connectivity index (χ1) is 16.2. The molecule has 0 fully saturated rings. The molecular weight excluding hydrogens is 452 g/mol. The zero-order valence-electron chi connectivity index (χ0n) is 20.5. The Bertz CT molecular complexity index is 991. The monoisotopic (exact) mass is 486 g/mol. The number of nitrogens with zero attached hydrogens (tertiary/aromatic N) is 2. The number of unbranched alkanes of at least 4 members (excludes halogenated alkanes) is 1. The molecular formula is C26H34N2O5S. The molecule has 7 nitrogen and oxygen atoms in total. The number of benzene rings is 1. The number of methoxy groups -OCH3 is 2. The highest BCUT2D eigenvalue weighted by atomic mass is 32.2. The molecule has 2 unspecified atom stereocenters. The quantitative estimate of drug-likeness (QED) is 0.322. The summed E-state index contributed by atoms with van der Waals surface area (Å²) in [5, 5.41) is 11.1. The van der Waals surface area contributed by atoms with E-state index >= 15 is 0 Å². The Kier molecular flexibility index (Phi) is 8.13. The highest BCUT2D eigenvalue weighted by Gasteiger charge is 2.65. The summed E-state index contributed by atoms with van der Waals surface area (Å²) in [6.07, 6.45) is 6.69. The molecule has 0 saturated heterocycles. The summed E-state index contributed by atoms with van der Waals surface area (Å²) in [6, 6.07) is 11.1. The molecule has 0 amide bonds. The smallest absolute Gasteiger partial charge is 0.315 e. The van der Waals surface area contributed by atoms with Crippen LogP contribution in [0, 0.1) is 10.8 Å². The fourth-order valence-corrected chi connectivity index (χ4v) is 6.13. The van der Waals surface area contributed by atoms with Crippen LogP contribution in [0.4, 0.5) is 0 Å². The summed E-state index contributed by atoms with van der Waals surface area (Å²) < 4.78 is 16.1. The number of aliphatic carboxylic acids is 1. The van der Waals surface area contributed by atoms with Crippen molar-refractivity contribution in [1.29, 1.82) is 0 Å². The van der Waals surface area contributed by atoms with Gasteiger partial charge in [0, 0.05) is 0 Å². The van der Waals surface area contributed by atoms with Crippen LogP contribution < -0.4 is 14.2 Å². The van der Waals surface area contributed by atoms with E-state index < -0.39 is 21.5 Å². The van der Waals surface area contributed by atoms with Crippen LogP contribution in [0.2, 0.25) is 0 Å². The Morgan fingerprint density at radius 1 is 1.12 bits per heavy atom. The lowest BCUT2D eigenvalue weighted by Gasteiger charge is -2.56. The molecule has 0 aliphatic heterocycles. The van der Waals surface area contributed by atoms with E-state index in [9.17, 15) is 9.90 Å². The maximum Gasteiger partial charge on any atom is 0.315 e. The summed E-state index contributed by atoms with van der Waals surface area (Å²) in [7, 11) is 3.06. The van der Waals surface area contributed by atoms with Gasteiger partial charge in [0.05, 0.1) is 25.0 Å². The zero-order chi connectivity index (χ0) is 24.8. The van der Waals surface area contributed by atoms with Crippen LogP contribution in [0.15, 0.2) is 53.7 Å². The summed E-state index contributed by atoms with van der Waals surface area (Å²) in [5.74, 6) is 0.523. The lowest BCUT2D eigenvalue weighted by atomic mass is 9.56. The number of carboxylic acids is 1. The number of carboxylic acid groups (broad SMARTS) is 1. The zero-order valence-corrected chi connectivity index (χ0v) is 21.4. The largest absolute Gasteiger partial charge is 0.492 e. The van der Waals surface area contributed by atoms with Crippen LogP contribution in [0.3, 0.4) is 0 Å². The van der Waals surface area contributed by atoms with E-state index in [-0.39, 0.29) is 6.61 Å². The molecule has 3 rings (SSSR count). The van der Waals surface area contributed by atoms with Crippen LogP contribution in [0.5, 0.6) is 17.5 Å². The third kappa shape index (κ3) is 4.87. The van der Waals surface area contributed by atoms with E-state index in [1.54, 1.807) is 6.07 Å². The van der Waals surface area contributed by atoms with Crippen molar-refractivity contribution in [3.63, 3.8) is 0 Å². The molecule has 8 heteroatoms. The Labute approximate surface area is 205 Å². The Morgan fingerprint density at radius 3 is 2.32 bits per heavy atom. The Morgan fingerprint density at radius 2 is 1.76 bits per heavy atom. The third-order valence-corrected chi connectivity index (χ3v) is 8.43. The molecule has 1 N–H and O–H groups in total. The molecule has 0 radical (unpaired) electrons. The van der Waals surface area contributed by atoms with Crippen LogP contribution in [0.1, 0.15) is 46.5 Å². The molecule has 2 atom stereocenters. The molecule has 34 heavy (non-hydrogen) atoms. The average molecular weight is 487 g/mol. The molecule has 1 heterocycles. The SMILES string of the molecule is CCCCC1(C(=O)O)C=CCC(C)(C)C1(COc1ccccc1)Sc1nc(OC)cc(OC)n1. The van der Waals surface area contributed by atoms with Gasteiger partial charge in [-0.3, -0.25) is 4.79 Å². The minimum absolute atomic E-state index is 0.165. The number of rotatable bonds is 11. The van der Waals surface area contributed by atoms with Crippen LogP contribution in [-0.4, -0.2) is 46.6 Å². The highest BCUT2D eigenvalue weighted by Crippen LogP contribution is 2.62. The van der Waals surface area contributed by atoms with E-state index in [0.717, 1.165) is 12.8 Å². The number of hydrogen-bond donors (Lipinski definition) is 1. The van der Waals surface area contributed by atoms with Gasteiger partial charge in [-0.25, -0.2) is 0 Å². The molecule has 1 aliphatic carbocycles. The summed E-state index contributed by atoms with van der Waals surface area (Å²) in [4.78, 5) is 22.2. The van der Waals surface area contributed by atoms with Crippen molar-refractivity contribution in [3.05, 3.63) is 48.6 Å². The fraction of sp³-hybridized carbons (Fsp3) is 0.500. The van der Waals surface area contributed by atoms with E-state index in [1.807, 2.05) is 42.5 Å². The topological polar surface area (TPSA) is 90.8 Å². The van der Waals surface area contributed by atoms with Crippen molar-refractivity contribution in [2.75, 3.05) is 20.8 Å². The number of aromatic nitrogens is 2. The minimum atomic E-state index is -1.19. The molecule has 0 spiro atoms. The molecule has 0 bridgehead atoms. The van der Waals surface area contributed by atoms with Crippen molar-refractivity contribution in [1.82, 2.24) is 9.97 Å². The standard InChI is InChI=1S/C26H34N2O5S/c1-6-7-15-25(22(29)30)16-11-14-24(2,3)26(25,18-33-19-12-9-8-10-13-19)34-23-27-20(31-4)17-21(28-23)32-5/h8-13,16-17H,6-7,14-15,18H2,1-5H3,(H,29,30). The van der Waals surface area contributed by atoms with Crippen LogP contribution >= 0.6 is 11.8 Å². The maximum absolute atomic E-state index is 13.1. The first-order valence-corrected chi connectivity index (χ1v) is 12.3. The number of allylic oxidation sites excluding steroid dienone is 1. The molecule has 1 aromatic heterocycles. The molecule has 1 aromatic carbocycles. The van der Waals surface area contributed by atoms with E-state index in [2.05, 4.69) is 30.7 Å². The van der Waals surface area contributed by atoms with Gasteiger partial charge in [0.25, 0.3) is 0 Å². The normalized spacial score (nSPS) is 23.3. The molecule has 2 aromatic rings. The second kappa shape index (κ2) is 10.7. The van der Waals surface area contributed by atoms with Crippen molar-refractivity contribution in [2.24, 2.45) is 10.8 Å². The lowest BCUT2D eigenvalue weighted by Crippen LogP contribution is -2.62. The molecule has 0 saturated carbocycles. The summed E-state index contributed by atoms with van der Waals surface area (Å²) in [6.45, 7) is 6.42. The first kappa shape index (κ1) is 25.9. The van der Waals surface area contributed by atoms with Gasteiger partial charge in [0.1, 0.15) is 17.8 Å². The molecule has 1 aliphatic rings. The van der Waals surface area contributed by atoms with Crippen molar-refractivity contribution in [2.45, 2.75) is 56.4 Å². The van der Waals surface area contributed by atoms with Gasteiger partial charge >= 0.3 is 5.97 Å². The number of thioether (sulfide) groups is 1. The number of para-hydroxylation sites is 1. The fourth-order valence-electron chi connectivity index (χ4n) is 4.63. The van der Waals surface area contributed by atoms with Gasteiger partial charge in [-0.1, -0.05) is 75.7 Å². The van der Waals surface area contributed by atoms with Crippen molar-refractivity contribution < 1.29 is 24.1 Å². The highest BCUT2D eigenvalue weighted by molar-refractivity contribution is 8.00. The predicted octanol–water partition coefficient (Wildman–Crippen LogP) is 5.65. The van der Waals surface area contributed by atoms with E-state index in [4.69, 9.17) is 14.2 Å². The number of carbonyl (C=O) groups is 1. The second-order valence-electron chi connectivity index (χ2n) is 9.14. The van der Waals surface area contributed by atoms with E-state index in [0.29, 0.717) is 35.5 Å². The van der Waals surface area contributed by atoms with Crippen LogP contribution in [-0.2, 0) is 4.79 Å².